The van der Waals surface area contributed by atoms with Crippen LogP contribution >= 0.6 is 22.6 Å². The summed E-state index contributed by atoms with van der Waals surface area (Å²) in [7, 11) is 1.47. The van der Waals surface area contributed by atoms with Crippen molar-refractivity contribution in [1.82, 2.24) is 0 Å². The Balaban J connectivity index is 2.33. The molecule has 1 rings (SSSR count). The van der Waals surface area contributed by atoms with Gasteiger partial charge in [0.05, 0.1) is 13.0 Å². The number of carbonyl (C=O) groups excluding carboxylic acids is 1. The molecule has 0 aromatic carbocycles. The van der Waals surface area contributed by atoms with E-state index in [1.165, 1.54) is 20.0 Å². The Morgan fingerprint density at radius 2 is 1.91 bits per heavy atom. The Bertz CT molecular complexity index is 139. The fourth-order valence-corrected chi connectivity index (χ4v) is 2.17. The first-order valence-electron chi connectivity index (χ1n) is 3.96. The Labute approximate surface area is 80.8 Å². The molecule has 0 heterocycles. The third-order valence-corrected chi connectivity index (χ3v) is 3.44. The van der Waals surface area contributed by atoms with Crippen LogP contribution in [0.1, 0.15) is 25.7 Å². The van der Waals surface area contributed by atoms with Gasteiger partial charge < -0.3 is 4.74 Å². The molecule has 0 unspecified atom stereocenters. The molecule has 1 fully saturated rings. The van der Waals surface area contributed by atoms with Gasteiger partial charge in [-0.25, -0.2) is 0 Å². The average molecular weight is 268 g/mol. The lowest BCUT2D eigenvalue weighted by molar-refractivity contribution is -0.146. The van der Waals surface area contributed by atoms with Gasteiger partial charge in [0.2, 0.25) is 0 Å². The molecule has 0 atom stereocenters. The van der Waals surface area contributed by atoms with E-state index in [2.05, 4.69) is 27.3 Å². The standard InChI is InChI=1S/C8H13IO2/c1-11-8(10)6-2-4-7(9)5-3-6/h6-7H,2-5H2,1H3. The van der Waals surface area contributed by atoms with Crippen LogP contribution in [0.4, 0.5) is 0 Å². The third kappa shape index (κ3) is 2.61. The van der Waals surface area contributed by atoms with Crippen molar-refractivity contribution >= 4 is 28.6 Å². The molecule has 0 radical (unpaired) electrons. The maximum atomic E-state index is 11.0. The summed E-state index contributed by atoms with van der Waals surface area (Å²) in [5, 5.41) is 0. The first-order valence-corrected chi connectivity index (χ1v) is 5.20. The fraction of sp³-hybridized carbons (Fsp3) is 0.875. The normalized spacial score (nSPS) is 31.5. The minimum absolute atomic E-state index is 0.0201. The van der Waals surface area contributed by atoms with Crippen molar-refractivity contribution < 1.29 is 9.53 Å². The molecule has 3 heteroatoms. The summed E-state index contributed by atoms with van der Waals surface area (Å²) in [6, 6.07) is 0. The highest BCUT2D eigenvalue weighted by Crippen LogP contribution is 2.29. The molecule has 0 aliphatic heterocycles. The molecule has 1 saturated carbocycles. The number of hydrogen-bond donors (Lipinski definition) is 0. The van der Waals surface area contributed by atoms with Crippen molar-refractivity contribution in [3.63, 3.8) is 0 Å². The summed E-state index contributed by atoms with van der Waals surface area (Å²) in [5.41, 5.74) is 0. The zero-order valence-electron chi connectivity index (χ0n) is 6.68. The van der Waals surface area contributed by atoms with Gasteiger partial charge in [-0.1, -0.05) is 22.6 Å². The van der Waals surface area contributed by atoms with Gasteiger partial charge in [-0.3, -0.25) is 4.79 Å². The van der Waals surface area contributed by atoms with Gasteiger partial charge in [0.25, 0.3) is 0 Å². The Morgan fingerprint density at radius 3 is 2.36 bits per heavy atom. The molecule has 0 spiro atoms. The van der Waals surface area contributed by atoms with E-state index in [4.69, 9.17) is 0 Å². The molecule has 0 amide bonds. The van der Waals surface area contributed by atoms with Crippen molar-refractivity contribution in [2.24, 2.45) is 5.92 Å². The first kappa shape index (κ1) is 9.29. The summed E-state index contributed by atoms with van der Waals surface area (Å²) >= 11 is 2.45. The van der Waals surface area contributed by atoms with Crippen LogP contribution in [-0.2, 0) is 9.53 Å². The van der Waals surface area contributed by atoms with E-state index >= 15 is 0 Å². The molecule has 0 aromatic heterocycles. The zero-order valence-corrected chi connectivity index (χ0v) is 8.84. The maximum absolute atomic E-state index is 11.0. The van der Waals surface area contributed by atoms with Gasteiger partial charge in [0.15, 0.2) is 0 Å². The van der Waals surface area contributed by atoms with E-state index in [-0.39, 0.29) is 11.9 Å². The number of halogens is 1. The monoisotopic (exact) mass is 268 g/mol. The lowest BCUT2D eigenvalue weighted by atomic mass is 9.89. The van der Waals surface area contributed by atoms with Gasteiger partial charge >= 0.3 is 5.97 Å². The number of esters is 1. The average Bonchev–Trinajstić information content (AvgIpc) is 2.05. The van der Waals surface area contributed by atoms with Gasteiger partial charge in [-0.2, -0.15) is 0 Å². The number of carbonyl (C=O) groups is 1. The Hall–Kier alpha value is 0.200. The first-order chi connectivity index (χ1) is 5.24. The number of methoxy groups -OCH3 is 1. The van der Waals surface area contributed by atoms with E-state index in [1.54, 1.807) is 0 Å². The van der Waals surface area contributed by atoms with Crippen molar-refractivity contribution in [1.29, 1.82) is 0 Å². The van der Waals surface area contributed by atoms with Gasteiger partial charge in [0.1, 0.15) is 0 Å². The lowest BCUT2D eigenvalue weighted by Crippen LogP contribution is -2.22. The highest BCUT2D eigenvalue weighted by molar-refractivity contribution is 14.1. The summed E-state index contributed by atoms with van der Waals surface area (Å²) in [5.74, 6) is 0.166. The predicted molar refractivity (Wildman–Crippen MR) is 51.8 cm³/mol. The largest absolute Gasteiger partial charge is 0.469 e. The molecule has 0 N–H and O–H groups in total. The van der Waals surface area contributed by atoms with E-state index < -0.39 is 0 Å². The number of rotatable bonds is 1. The van der Waals surface area contributed by atoms with Gasteiger partial charge in [0, 0.05) is 3.92 Å². The molecular weight excluding hydrogens is 255 g/mol. The van der Waals surface area contributed by atoms with E-state index in [9.17, 15) is 4.79 Å². The second-order valence-electron chi connectivity index (χ2n) is 2.97. The van der Waals surface area contributed by atoms with Crippen LogP contribution in [0.25, 0.3) is 0 Å². The van der Waals surface area contributed by atoms with Crippen LogP contribution in [0.3, 0.4) is 0 Å². The molecular formula is C8H13IO2. The number of hydrogen-bond acceptors (Lipinski definition) is 2. The molecule has 1 aliphatic rings. The lowest BCUT2D eigenvalue weighted by Gasteiger charge is -2.22. The quantitative estimate of drug-likeness (QED) is 0.414. The van der Waals surface area contributed by atoms with Crippen LogP contribution in [0.5, 0.6) is 0 Å². The van der Waals surface area contributed by atoms with E-state index in [1.807, 2.05) is 0 Å². The van der Waals surface area contributed by atoms with E-state index in [0.29, 0.717) is 0 Å². The van der Waals surface area contributed by atoms with Crippen LogP contribution in [-0.4, -0.2) is 17.0 Å². The van der Waals surface area contributed by atoms with Gasteiger partial charge in [-0.15, -0.1) is 0 Å². The molecule has 0 saturated heterocycles. The Kier molecular flexibility index (Phi) is 3.62. The molecule has 0 aromatic rings. The summed E-state index contributed by atoms with van der Waals surface area (Å²) in [6.45, 7) is 0. The zero-order chi connectivity index (χ0) is 8.27. The molecule has 1 aliphatic carbocycles. The van der Waals surface area contributed by atoms with Crippen molar-refractivity contribution in [2.45, 2.75) is 29.6 Å². The van der Waals surface area contributed by atoms with Crippen molar-refractivity contribution in [3.8, 4) is 0 Å². The van der Waals surface area contributed by atoms with Crippen molar-refractivity contribution in [3.05, 3.63) is 0 Å². The van der Waals surface area contributed by atoms with Crippen LogP contribution in [0.2, 0.25) is 0 Å². The summed E-state index contributed by atoms with van der Waals surface area (Å²) in [6.07, 6.45) is 4.36. The van der Waals surface area contributed by atoms with Crippen LogP contribution in [0.15, 0.2) is 0 Å². The predicted octanol–water partition coefficient (Wildman–Crippen LogP) is 2.15. The second-order valence-corrected chi connectivity index (χ2v) is 4.73. The number of ether oxygens (including phenoxy) is 1. The minimum atomic E-state index is -0.0201. The fourth-order valence-electron chi connectivity index (χ4n) is 1.46. The highest BCUT2D eigenvalue weighted by atomic mass is 127. The van der Waals surface area contributed by atoms with E-state index in [0.717, 1.165) is 16.8 Å². The summed E-state index contributed by atoms with van der Waals surface area (Å²) in [4.78, 5) is 11.0. The highest BCUT2D eigenvalue weighted by Gasteiger charge is 2.25. The van der Waals surface area contributed by atoms with Gasteiger partial charge in [-0.05, 0) is 25.7 Å². The topological polar surface area (TPSA) is 26.3 Å². The molecule has 0 bridgehead atoms. The van der Waals surface area contributed by atoms with Crippen LogP contribution < -0.4 is 0 Å². The smallest absolute Gasteiger partial charge is 0.308 e. The summed E-state index contributed by atoms with van der Waals surface area (Å²) < 4.78 is 5.46. The second kappa shape index (κ2) is 4.28. The number of alkyl halides is 1. The SMILES string of the molecule is COC(=O)C1CCC(I)CC1. The van der Waals surface area contributed by atoms with Crippen molar-refractivity contribution in [2.75, 3.05) is 7.11 Å². The molecule has 11 heavy (non-hydrogen) atoms. The third-order valence-electron chi connectivity index (χ3n) is 2.19. The minimum Gasteiger partial charge on any atom is -0.469 e. The molecule has 64 valence electrons. The maximum Gasteiger partial charge on any atom is 0.308 e. The Morgan fingerprint density at radius 1 is 1.36 bits per heavy atom. The molecule has 2 nitrogen and oxygen atoms in total. The van der Waals surface area contributed by atoms with Crippen LogP contribution in [0, 0.1) is 5.92 Å².